The third-order valence-electron chi connectivity index (χ3n) is 2.55. The molecular weight excluding hydrogens is 174 g/mol. The quantitative estimate of drug-likeness (QED) is 0.615. The first kappa shape index (κ1) is 7.56. The fraction of sp³-hybridized carbons (Fsp3) is 0.0833. The molecule has 14 heavy (non-hydrogen) atoms. The van der Waals surface area contributed by atoms with Crippen molar-refractivity contribution in [1.82, 2.24) is 0 Å². The Kier molecular flexibility index (Phi) is 1.53. The van der Waals surface area contributed by atoms with E-state index in [0.29, 0.717) is 6.61 Å². The van der Waals surface area contributed by atoms with Gasteiger partial charge in [-0.25, -0.2) is 0 Å². The van der Waals surface area contributed by atoms with E-state index in [9.17, 15) is 0 Å². The van der Waals surface area contributed by atoms with Crippen LogP contribution in [-0.2, 0) is 11.4 Å². The van der Waals surface area contributed by atoms with E-state index < -0.39 is 0 Å². The molecule has 0 bridgehead atoms. The summed E-state index contributed by atoms with van der Waals surface area (Å²) >= 11 is 0. The van der Waals surface area contributed by atoms with E-state index in [1.54, 1.807) is 6.21 Å². The maximum Gasteiger partial charge on any atom is 0.143 e. The molecule has 0 radical (unpaired) electrons. The lowest BCUT2D eigenvalue weighted by atomic mass is 10.00. The zero-order chi connectivity index (χ0) is 9.38. The van der Waals surface area contributed by atoms with Crippen LogP contribution in [0.15, 0.2) is 41.6 Å². The normalized spacial score (nSPS) is 13.7. The second-order valence-electron chi connectivity index (χ2n) is 3.36. The standard InChI is InChI=1S/C12H9NO/c1-2-4-11-9(3-1)5-6-10-7-13-14-8-12(10)11/h1-7H,8H2. The summed E-state index contributed by atoms with van der Waals surface area (Å²) in [5.74, 6) is 0. The molecule has 0 atom stereocenters. The fourth-order valence-corrected chi connectivity index (χ4v) is 1.83. The monoisotopic (exact) mass is 183 g/mol. The Labute approximate surface area is 81.8 Å². The van der Waals surface area contributed by atoms with E-state index in [2.05, 4.69) is 29.4 Å². The molecule has 0 amide bonds. The first-order chi connectivity index (χ1) is 6.95. The lowest BCUT2D eigenvalue weighted by Crippen LogP contribution is -2.01. The zero-order valence-corrected chi connectivity index (χ0v) is 7.60. The van der Waals surface area contributed by atoms with Gasteiger partial charge in [0, 0.05) is 11.1 Å². The maximum absolute atomic E-state index is 5.07. The minimum absolute atomic E-state index is 0.577. The lowest BCUT2D eigenvalue weighted by molar-refractivity contribution is 0.129. The lowest BCUT2D eigenvalue weighted by Gasteiger charge is -2.12. The summed E-state index contributed by atoms with van der Waals surface area (Å²) < 4.78 is 0. The number of rotatable bonds is 0. The SMILES string of the molecule is C1=NOCc2c1ccc1ccccc21. The van der Waals surface area contributed by atoms with Crippen molar-refractivity contribution in [2.45, 2.75) is 6.61 Å². The highest BCUT2D eigenvalue weighted by molar-refractivity contribution is 5.94. The van der Waals surface area contributed by atoms with Crippen LogP contribution in [0.1, 0.15) is 11.1 Å². The molecule has 0 aromatic heterocycles. The molecular formula is C12H9NO. The molecule has 1 aliphatic heterocycles. The Hall–Kier alpha value is -1.83. The minimum Gasteiger partial charge on any atom is -0.391 e. The van der Waals surface area contributed by atoms with Gasteiger partial charge in [-0.3, -0.25) is 0 Å². The van der Waals surface area contributed by atoms with Crippen LogP contribution in [0.5, 0.6) is 0 Å². The van der Waals surface area contributed by atoms with Crippen molar-refractivity contribution in [2.75, 3.05) is 0 Å². The van der Waals surface area contributed by atoms with Crippen molar-refractivity contribution in [2.24, 2.45) is 5.16 Å². The zero-order valence-electron chi connectivity index (χ0n) is 7.60. The first-order valence-electron chi connectivity index (χ1n) is 4.61. The van der Waals surface area contributed by atoms with Crippen LogP contribution < -0.4 is 0 Å². The highest BCUT2D eigenvalue weighted by atomic mass is 16.6. The molecule has 1 heterocycles. The molecule has 3 rings (SSSR count). The largest absolute Gasteiger partial charge is 0.391 e. The number of fused-ring (bicyclic) bond motifs is 3. The highest BCUT2D eigenvalue weighted by Crippen LogP contribution is 2.24. The van der Waals surface area contributed by atoms with Gasteiger partial charge in [-0.2, -0.15) is 0 Å². The van der Waals surface area contributed by atoms with E-state index in [1.807, 2.05) is 12.1 Å². The van der Waals surface area contributed by atoms with Gasteiger partial charge in [-0.05, 0) is 10.8 Å². The highest BCUT2D eigenvalue weighted by Gasteiger charge is 2.09. The molecule has 2 aromatic carbocycles. The van der Waals surface area contributed by atoms with Crippen LogP contribution in [0.2, 0.25) is 0 Å². The molecule has 0 saturated heterocycles. The summed E-state index contributed by atoms with van der Waals surface area (Å²) in [7, 11) is 0. The Morgan fingerprint density at radius 3 is 3.00 bits per heavy atom. The van der Waals surface area contributed by atoms with Gasteiger partial charge in [-0.1, -0.05) is 41.6 Å². The fourth-order valence-electron chi connectivity index (χ4n) is 1.83. The molecule has 0 saturated carbocycles. The van der Waals surface area contributed by atoms with Gasteiger partial charge in [0.05, 0.1) is 6.21 Å². The van der Waals surface area contributed by atoms with Crippen LogP contribution in [0, 0.1) is 0 Å². The predicted octanol–water partition coefficient (Wildman–Crippen LogP) is 2.70. The van der Waals surface area contributed by atoms with Gasteiger partial charge >= 0.3 is 0 Å². The summed E-state index contributed by atoms with van der Waals surface area (Å²) in [6.07, 6.45) is 1.77. The maximum atomic E-state index is 5.07. The molecule has 0 N–H and O–H groups in total. The van der Waals surface area contributed by atoms with E-state index in [4.69, 9.17) is 4.84 Å². The van der Waals surface area contributed by atoms with Gasteiger partial charge in [0.25, 0.3) is 0 Å². The van der Waals surface area contributed by atoms with Crippen LogP contribution >= 0.6 is 0 Å². The minimum atomic E-state index is 0.577. The van der Waals surface area contributed by atoms with Crippen molar-refractivity contribution in [3.8, 4) is 0 Å². The van der Waals surface area contributed by atoms with Crippen molar-refractivity contribution in [3.05, 3.63) is 47.5 Å². The average Bonchev–Trinajstić information content (AvgIpc) is 2.29. The van der Waals surface area contributed by atoms with Crippen LogP contribution in [0.3, 0.4) is 0 Å². The van der Waals surface area contributed by atoms with Gasteiger partial charge in [0.1, 0.15) is 6.61 Å². The Morgan fingerprint density at radius 1 is 1.07 bits per heavy atom. The molecule has 0 unspecified atom stereocenters. The molecule has 2 heteroatoms. The van der Waals surface area contributed by atoms with Crippen molar-refractivity contribution in [1.29, 1.82) is 0 Å². The smallest absolute Gasteiger partial charge is 0.143 e. The third kappa shape index (κ3) is 1.01. The Bertz CT molecular complexity index is 517. The molecule has 68 valence electrons. The van der Waals surface area contributed by atoms with Crippen molar-refractivity contribution in [3.63, 3.8) is 0 Å². The van der Waals surface area contributed by atoms with Crippen LogP contribution in [-0.4, -0.2) is 6.21 Å². The van der Waals surface area contributed by atoms with E-state index in [0.717, 1.165) is 5.56 Å². The number of nitrogens with zero attached hydrogens (tertiary/aromatic N) is 1. The van der Waals surface area contributed by atoms with Gasteiger partial charge in [-0.15, -0.1) is 0 Å². The number of benzene rings is 2. The van der Waals surface area contributed by atoms with Crippen LogP contribution in [0.25, 0.3) is 10.8 Å². The summed E-state index contributed by atoms with van der Waals surface area (Å²) in [5, 5.41) is 6.32. The van der Waals surface area contributed by atoms with Crippen molar-refractivity contribution >= 4 is 17.0 Å². The first-order valence-corrected chi connectivity index (χ1v) is 4.61. The summed E-state index contributed by atoms with van der Waals surface area (Å²) in [6.45, 7) is 0.577. The number of hydrogen-bond acceptors (Lipinski definition) is 2. The second kappa shape index (κ2) is 2.84. The predicted molar refractivity (Wildman–Crippen MR) is 56.3 cm³/mol. The van der Waals surface area contributed by atoms with E-state index in [1.165, 1.54) is 16.3 Å². The van der Waals surface area contributed by atoms with Crippen molar-refractivity contribution < 1.29 is 4.84 Å². The van der Waals surface area contributed by atoms with Crippen LogP contribution in [0.4, 0.5) is 0 Å². The van der Waals surface area contributed by atoms with Gasteiger partial charge < -0.3 is 4.84 Å². The molecule has 0 spiro atoms. The Morgan fingerprint density at radius 2 is 2.00 bits per heavy atom. The molecule has 2 nitrogen and oxygen atoms in total. The topological polar surface area (TPSA) is 21.6 Å². The molecule has 2 aromatic rings. The molecule has 0 fully saturated rings. The molecule has 0 aliphatic carbocycles. The summed E-state index contributed by atoms with van der Waals surface area (Å²) in [6, 6.07) is 12.5. The second-order valence-corrected chi connectivity index (χ2v) is 3.36. The summed E-state index contributed by atoms with van der Waals surface area (Å²) in [4.78, 5) is 5.07. The van der Waals surface area contributed by atoms with Gasteiger partial charge in [0.15, 0.2) is 0 Å². The number of oxime groups is 1. The van der Waals surface area contributed by atoms with E-state index >= 15 is 0 Å². The van der Waals surface area contributed by atoms with Gasteiger partial charge in [0.2, 0.25) is 0 Å². The summed E-state index contributed by atoms with van der Waals surface area (Å²) in [5.41, 5.74) is 2.40. The third-order valence-corrected chi connectivity index (χ3v) is 2.55. The van der Waals surface area contributed by atoms with E-state index in [-0.39, 0.29) is 0 Å². The average molecular weight is 183 g/mol. The Balaban J connectivity index is 2.41. The molecule has 1 aliphatic rings. The number of hydrogen-bond donors (Lipinski definition) is 0.